The van der Waals surface area contributed by atoms with E-state index in [0.29, 0.717) is 60.7 Å². The number of nitrogens with one attached hydrogen (secondary N) is 1. The van der Waals surface area contributed by atoms with Gasteiger partial charge in [0.15, 0.2) is 0 Å². The molecule has 184 valence electrons. The second kappa shape index (κ2) is 8.52. The number of aromatic nitrogens is 2. The van der Waals surface area contributed by atoms with Gasteiger partial charge in [-0.2, -0.15) is 13.2 Å². The monoisotopic (exact) mass is 489 g/mol. The smallest absolute Gasteiger partial charge is 0.416 e. The van der Waals surface area contributed by atoms with Crippen LogP contribution in [0.1, 0.15) is 29.9 Å². The van der Waals surface area contributed by atoms with Crippen molar-refractivity contribution < 1.29 is 27.6 Å². The highest BCUT2D eigenvalue weighted by molar-refractivity contribution is 5.94. The van der Waals surface area contributed by atoms with E-state index >= 15 is 0 Å². The topological polar surface area (TPSA) is 103 Å². The number of anilines is 2. The highest BCUT2D eigenvalue weighted by atomic mass is 19.4. The Labute approximate surface area is 198 Å². The van der Waals surface area contributed by atoms with Gasteiger partial charge in [0.05, 0.1) is 47.0 Å². The van der Waals surface area contributed by atoms with Gasteiger partial charge in [0, 0.05) is 30.1 Å². The molecule has 1 unspecified atom stereocenters. The summed E-state index contributed by atoms with van der Waals surface area (Å²) < 4.78 is 51.6. The number of halogens is 3. The molecule has 5 rings (SSSR count). The molecule has 0 saturated carbocycles. The van der Waals surface area contributed by atoms with E-state index < -0.39 is 28.4 Å². The van der Waals surface area contributed by atoms with Crippen molar-refractivity contribution in [3.05, 3.63) is 57.4 Å². The number of nitrogens with zero attached hydrogens (tertiary/aromatic N) is 4. The average molecular weight is 489 g/mol. The van der Waals surface area contributed by atoms with E-state index in [1.54, 1.807) is 13.8 Å². The lowest BCUT2D eigenvalue weighted by atomic mass is 10.0. The zero-order valence-electron chi connectivity index (χ0n) is 18.9. The Morgan fingerprint density at radius 3 is 2.74 bits per heavy atom. The van der Waals surface area contributed by atoms with Crippen LogP contribution in [0.3, 0.4) is 0 Å². The van der Waals surface area contributed by atoms with E-state index in [1.165, 1.54) is 0 Å². The van der Waals surface area contributed by atoms with E-state index in [-0.39, 0.29) is 11.6 Å². The summed E-state index contributed by atoms with van der Waals surface area (Å²) in [4.78, 5) is 21.6. The highest BCUT2D eigenvalue weighted by Gasteiger charge is 2.34. The fourth-order valence-electron chi connectivity index (χ4n) is 4.45. The number of fused-ring (bicyclic) bond motifs is 4. The first kappa shape index (κ1) is 23.1. The second-order valence-corrected chi connectivity index (χ2v) is 8.62. The fourth-order valence-corrected chi connectivity index (χ4v) is 4.45. The summed E-state index contributed by atoms with van der Waals surface area (Å²) >= 11 is 0. The van der Waals surface area contributed by atoms with Gasteiger partial charge in [0.2, 0.25) is 0 Å². The van der Waals surface area contributed by atoms with Crippen molar-refractivity contribution in [3.8, 4) is 5.75 Å². The minimum Gasteiger partial charge on any atom is -0.489 e. The molecule has 0 spiro atoms. The third kappa shape index (κ3) is 4.41. The van der Waals surface area contributed by atoms with Gasteiger partial charge in [0.1, 0.15) is 24.0 Å². The summed E-state index contributed by atoms with van der Waals surface area (Å²) in [7, 11) is 0. The molecule has 0 radical (unpaired) electrons. The molecule has 35 heavy (non-hydrogen) atoms. The molecule has 2 atom stereocenters. The highest BCUT2D eigenvalue weighted by Crippen LogP contribution is 2.40. The van der Waals surface area contributed by atoms with Crippen LogP contribution in [0.2, 0.25) is 0 Å². The Hall–Kier alpha value is -3.67. The number of ether oxygens (including phenoxy) is 2. The Morgan fingerprint density at radius 2 is 2.00 bits per heavy atom. The maximum atomic E-state index is 13.4. The maximum Gasteiger partial charge on any atom is 0.416 e. The van der Waals surface area contributed by atoms with Crippen molar-refractivity contribution in [2.45, 2.75) is 32.1 Å². The lowest BCUT2D eigenvalue weighted by Crippen LogP contribution is -2.51. The predicted molar refractivity (Wildman–Crippen MR) is 122 cm³/mol. The number of nitro benzene ring substituents is 1. The van der Waals surface area contributed by atoms with Gasteiger partial charge in [-0.1, -0.05) is 0 Å². The zero-order valence-corrected chi connectivity index (χ0v) is 18.9. The van der Waals surface area contributed by atoms with Gasteiger partial charge in [-0.15, -0.1) is 0 Å². The first-order valence-corrected chi connectivity index (χ1v) is 11.0. The molecule has 0 amide bonds. The van der Waals surface area contributed by atoms with Crippen molar-refractivity contribution in [3.63, 3.8) is 0 Å². The molecular formula is C23H22F3N5O4. The van der Waals surface area contributed by atoms with E-state index in [4.69, 9.17) is 9.47 Å². The molecule has 3 heterocycles. The van der Waals surface area contributed by atoms with Crippen molar-refractivity contribution in [1.82, 2.24) is 9.97 Å². The fraction of sp³-hybridized carbons (Fsp3) is 0.391. The number of rotatable bonds is 4. The van der Waals surface area contributed by atoms with Crippen molar-refractivity contribution in [2.24, 2.45) is 0 Å². The molecule has 1 N–H and O–H groups in total. The van der Waals surface area contributed by atoms with Gasteiger partial charge in [-0.3, -0.25) is 10.1 Å². The van der Waals surface area contributed by atoms with Gasteiger partial charge in [-0.25, -0.2) is 9.97 Å². The third-order valence-corrected chi connectivity index (χ3v) is 6.19. The van der Waals surface area contributed by atoms with Gasteiger partial charge in [-0.05, 0) is 31.5 Å². The van der Waals surface area contributed by atoms with Gasteiger partial charge < -0.3 is 19.7 Å². The van der Waals surface area contributed by atoms with E-state index in [0.717, 1.165) is 17.8 Å². The van der Waals surface area contributed by atoms with Crippen LogP contribution in [0, 0.1) is 17.0 Å². The number of hydrogen-bond acceptors (Lipinski definition) is 8. The Morgan fingerprint density at radius 1 is 1.20 bits per heavy atom. The quantitative estimate of drug-likeness (QED) is 0.418. The van der Waals surface area contributed by atoms with Gasteiger partial charge in [0.25, 0.3) is 5.69 Å². The van der Waals surface area contributed by atoms with Crippen molar-refractivity contribution >= 4 is 28.1 Å². The Balaban J connectivity index is 1.55. The molecule has 9 nitrogen and oxygen atoms in total. The van der Waals surface area contributed by atoms with Crippen LogP contribution in [0.5, 0.6) is 5.75 Å². The second-order valence-electron chi connectivity index (χ2n) is 8.62. The largest absolute Gasteiger partial charge is 0.489 e. The van der Waals surface area contributed by atoms with Crippen LogP contribution >= 0.6 is 0 Å². The number of hydrogen-bond donors (Lipinski definition) is 1. The standard InChI is InChI=1S/C23H22F3N5O4/c1-12(14-5-15(23(24,25)26)7-16(6-14)31(32)33)27-22-18-8-20-21(9-19(18)28-13(2)29-22)35-11-17-10-34-4-3-30(17)20/h5-9,12,17H,3-4,10-11H2,1-2H3,(H,27,28,29)/t12-,17?/m1/s1. The number of alkyl halides is 3. The summed E-state index contributed by atoms with van der Waals surface area (Å²) in [5.74, 6) is 1.57. The Bertz CT molecular complexity index is 1320. The molecule has 2 aromatic carbocycles. The molecular weight excluding hydrogens is 467 g/mol. The van der Waals surface area contributed by atoms with Crippen LogP contribution < -0.4 is 15.0 Å². The number of nitro groups is 1. The average Bonchev–Trinajstić information content (AvgIpc) is 2.82. The van der Waals surface area contributed by atoms with Crippen LogP contribution in [0.15, 0.2) is 30.3 Å². The summed E-state index contributed by atoms with van der Waals surface area (Å²) in [6.45, 7) is 5.68. The SMILES string of the molecule is Cc1nc(N[C@H](C)c2cc([N+](=O)[O-])cc(C(F)(F)F)c2)c2cc3c(cc2n1)OCC1COCCN31. The molecule has 2 aliphatic rings. The summed E-state index contributed by atoms with van der Waals surface area (Å²) in [6, 6.07) is 5.69. The van der Waals surface area contributed by atoms with Crippen molar-refractivity contribution in [1.29, 1.82) is 0 Å². The normalized spacial score (nSPS) is 18.4. The molecule has 1 saturated heterocycles. The van der Waals surface area contributed by atoms with E-state index in [1.807, 2.05) is 12.1 Å². The molecule has 0 aliphatic carbocycles. The third-order valence-electron chi connectivity index (χ3n) is 6.19. The summed E-state index contributed by atoms with van der Waals surface area (Å²) in [5, 5.41) is 15.1. The van der Waals surface area contributed by atoms with Gasteiger partial charge >= 0.3 is 6.18 Å². The lowest BCUT2D eigenvalue weighted by Gasteiger charge is -2.41. The van der Waals surface area contributed by atoms with Crippen molar-refractivity contribution in [2.75, 3.05) is 36.6 Å². The Kier molecular flexibility index (Phi) is 5.62. The summed E-state index contributed by atoms with van der Waals surface area (Å²) in [6.07, 6.45) is -4.72. The van der Waals surface area contributed by atoms with Crippen LogP contribution in [0.4, 0.5) is 30.4 Å². The molecule has 1 fully saturated rings. The van der Waals surface area contributed by atoms with Crippen LogP contribution in [0.25, 0.3) is 10.9 Å². The van der Waals surface area contributed by atoms with Crippen LogP contribution in [-0.2, 0) is 10.9 Å². The molecule has 0 bridgehead atoms. The lowest BCUT2D eigenvalue weighted by molar-refractivity contribution is -0.385. The predicted octanol–water partition coefficient (Wildman–Crippen LogP) is 4.64. The molecule has 3 aromatic rings. The maximum absolute atomic E-state index is 13.4. The first-order valence-electron chi connectivity index (χ1n) is 11.0. The minimum atomic E-state index is -4.72. The van der Waals surface area contributed by atoms with E-state index in [9.17, 15) is 23.3 Å². The zero-order chi connectivity index (χ0) is 24.9. The number of aryl methyl sites for hydroxylation is 1. The molecule has 12 heteroatoms. The van der Waals surface area contributed by atoms with Crippen LogP contribution in [-0.4, -0.2) is 47.3 Å². The number of benzene rings is 2. The molecule has 1 aromatic heterocycles. The number of morpholine rings is 1. The first-order chi connectivity index (χ1) is 16.6. The number of non-ortho nitro benzene ring substituents is 1. The van der Waals surface area contributed by atoms with E-state index in [2.05, 4.69) is 20.2 Å². The minimum absolute atomic E-state index is 0.0843. The molecule has 2 aliphatic heterocycles. The summed E-state index contributed by atoms with van der Waals surface area (Å²) in [5.41, 5.74) is -0.103.